The number of amides is 1. The minimum atomic E-state index is 0.150. The second kappa shape index (κ2) is 6.37. The molecule has 0 aromatic heterocycles. The van der Waals surface area contributed by atoms with E-state index in [1.807, 2.05) is 12.1 Å². The van der Waals surface area contributed by atoms with Crippen LogP contribution in [0.4, 0.5) is 11.4 Å². The summed E-state index contributed by atoms with van der Waals surface area (Å²) in [4.78, 5) is 14.4. The summed E-state index contributed by atoms with van der Waals surface area (Å²) in [5.41, 5.74) is 9.06. The highest BCUT2D eigenvalue weighted by Crippen LogP contribution is 2.29. The van der Waals surface area contributed by atoms with Crippen LogP contribution in [0.1, 0.15) is 44.1 Å². The van der Waals surface area contributed by atoms with Gasteiger partial charge < -0.3 is 16.0 Å². The highest BCUT2D eigenvalue weighted by atomic mass is 16.2. The van der Waals surface area contributed by atoms with Crippen LogP contribution in [0, 0.1) is 0 Å². The van der Waals surface area contributed by atoms with Gasteiger partial charge in [-0.15, -0.1) is 0 Å². The summed E-state index contributed by atoms with van der Waals surface area (Å²) < 4.78 is 0. The van der Waals surface area contributed by atoms with E-state index in [4.69, 9.17) is 5.73 Å². The molecule has 21 heavy (non-hydrogen) atoms. The first kappa shape index (κ1) is 14.2. The molecule has 0 unspecified atom stereocenters. The summed E-state index contributed by atoms with van der Waals surface area (Å²) >= 11 is 0. The van der Waals surface area contributed by atoms with E-state index in [1.54, 1.807) is 0 Å². The fraction of sp³-hybridized carbons (Fsp3) is 0.588. The highest BCUT2D eigenvalue weighted by molar-refractivity contribution is 5.83. The van der Waals surface area contributed by atoms with Crippen LogP contribution < -0.4 is 16.0 Å². The third kappa shape index (κ3) is 3.49. The van der Waals surface area contributed by atoms with Crippen molar-refractivity contribution < 1.29 is 4.79 Å². The van der Waals surface area contributed by atoms with E-state index in [2.05, 4.69) is 16.3 Å². The average Bonchev–Trinajstić information content (AvgIpc) is 2.68. The van der Waals surface area contributed by atoms with Crippen LogP contribution in [0.15, 0.2) is 18.2 Å². The van der Waals surface area contributed by atoms with Gasteiger partial charge in [-0.3, -0.25) is 4.79 Å². The van der Waals surface area contributed by atoms with Gasteiger partial charge in [0.05, 0.1) is 6.54 Å². The van der Waals surface area contributed by atoms with Crippen LogP contribution in [0.2, 0.25) is 0 Å². The highest BCUT2D eigenvalue weighted by Gasteiger charge is 2.22. The maximum atomic E-state index is 12.3. The van der Waals surface area contributed by atoms with Gasteiger partial charge in [0.15, 0.2) is 0 Å². The van der Waals surface area contributed by atoms with Crippen LogP contribution in [-0.4, -0.2) is 25.0 Å². The fourth-order valence-electron chi connectivity index (χ4n) is 3.50. The molecule has 1 heterocycles. The lowest BCUT2D eigenvalue weighted by molar-refractivity contribution is -0.120. The van der Waals surface area contributed by atoms with Gasteiger partial charge in [-0.05, 0) is 37.0 Å². The first-order chi connectivity index (χ1) is 10.2. The largest absolute Gasteiger partial charge is 0.399 e. The van der Waals surface area contributed by atoms with Crippen molar-refractivity contribution in [1.82, 2.24) is 5.32 Å². The molecule has 1 aliphatic heterocycles. The third-order valence-electron chi connectivity index (χ3n) is 4.66. The Kier molecular flexibility index (Phi) is 4.32. The number of carbonyl (C=O) groups excluding carboxylic acids is 1. The molecule has 3 rings (SSSR count). The van der Waals surface area contributed by atoms with Crippen molar-refractivity contribution in [3.05, 3.63) is 23.8 Å². The molecule has 114 valence electrons. The number of hydrogen-bond donors (Lipinski definition) is 2. The van der Waals surface area contributed by atoms with Gasteiger partial charge in [-0.1, -0.05) is 31.7 Å². The van der Waals surface area contributed by atoms with E-state index < -0.39 is 0 Å². The Morgan fingerprint density at radius 1 is 1.24 bits per heavy atom. The molecule has 2 aliphatic rings. The summed E-state index contributed by atoms with van der Waals surface area (Å²) in [6, 6.07) is 6.38. The van der Waals surface area contributed by atoms with Gasteiger partial charge in [0, 0.05) is 24.0 Å². The summed E-state index contributed by atoms with van der Waals surface area (Å²) in [5.74, 6) is 0.150. The van der Waals surface area contributed by atoms with Gasteiger partial charge in [0.1, 0.15) is 0 Å². The molecule has 1 saturated carbocycles. The molecule has 0 saturated heterocycles. The quantitative estimate of drug-likeness (QED) is 0.663. The fourth-order valence-corrected chi connectivity index (χ4v) is 3.50. The molecule has 1 aromatic rings. The Balaban J connectivity index is 1.57. The standard InChI is InChI=1S/C17H25N3O/c18-14-8-7-13-9-10-20(16(13)11-14)12-17(21)19-15-5-3-1-2-4-6-15/h7-8,11,15H,1-6,9-10,12,18H2,(H,19,21). The van der Waals surface area contributed by atoms with E-state index in [0.717, 1.165) is 37.2 Å². The van der Waals surface area contributed by atoms with Crippen molar-refractivity contribution in [1.29, 1.82) is 0 Å². The molecule has 4 nitrogen and oxygen atoms in total. The molecular formula is C17H25N3O. The zero-order valence-electron chi connectivity index (χ0n) is 12.6. The Morgan fingerprint density at radius 2 is 2.00 bits per heavy atom. The molecule has 0 bridgehead atoms. The minimum Gasteiger partial charge on any atom is -0.399 e. The van der Waals surface area contributed by atoms with Gasteiger partial charge >= 0.3 is 0 Å². The molecule has 3 N–H and O–H groups in total. The maximum absolute atomic E-state index is 12.3. The summed E-state index contributed by atoms with van der Waals surface area (Å²) in [6.45, 7) is 1.36. The van der Waals surface area contributed by atoms with Gasteiger partial charge in [0.2, 0.25) is 5.91 Å². The first-order valence-electron chi connectivity index (χ1n) is 8.15. The topological polar surface area (TPSA) is 58.4 Å². The number of carbonyl (C=O) groups is 1. The number of nitrogens with zero attached hydrogens (tertiary/aromatic N) is 1. The van der Waals surface area contributed by atoms with Gasteiger partial charge in [-0.25, -0.2) is 0 Å². The van der Waals surface area contributed by atoms with E-state index in [0.29, 0.717) is 12.6 Å². The number of nitrogens with one attached hydrogen (secondary N) is 1. The molecule has 1 amide bonds. The third-order valence-corrected chi connectivity index (χ3v) is 4.66. The van der Waals surface area contributed by atoms with Crippen LogP contribution in [-0.2, 0) is 11.2 Å². The van der Waals surface area contributed by atoms with Crippen molar-refractivity contribution >= 4 is 17.3 Å². The number of nitrogens with two attached hydrogens (primary N) is 1. The number of benzene rings is 1. The van der Waals surface area contributed by atoms with Crippen LogP contribution in [0.5, 0.6) is 0 Å². The van der Waals surface area contributed by atoms with Crippen molar-refractivity contribution in [2.24, 2.45) is 0 Å². The number of fused-ring (bicyclic) bond motifs is 1. The second-order valence-electron chi connectivity index (χ2n) is 6.32. The van der Waals surface area contributed by atoms with Crippen LogP contribution in [0.3, 0.4) is 0 Å². The zero-order chi connectivity index (χ0) is 14.7. The van der Waals surface area contributed by atoms with Crippen molar-refractivity contribution in [2.75, 3.05) is 23.7 Å². The Morgan fingerprint density at radius 3 is 2.76 bits per heavy atom. The Labute approximate surface area is 126 Å². The van der Waals surface area contributed by atoms with Gasteiger partial charge in [-0.2, -0.15) is 0 Å². The van der Waals surface area contributed by atoms with Crippen molar-refractivity contribution in [3.8, 4) is 0 Å². The Bertz CT molecular complexity index is 507. The molecule has 1 fully saturated rings. The average molecular weight is 287 g/mol. The monoisotopic (exact) mass is 287 g/mol. The SMILES string of the molecule is Nc1ccc2c(c1)N(CC(=O)NC1CCCCCC1)CC2. The minimum absolute atomic E-state index is 0.150. The summed E-state index contributed by atoms with van der Waals surface area (Å²) in [6.07, 6.45) is 8.38. The normalized spacial score (nSPS) is 19.1. The number of hydrogen-bond acceptors (Lipinski definition) is 3. The van der Waals surface area contributed by atoms with E-state index in [1.165, 1.54) is 31.2 Å². The molecule has 0 spiro atoms. The first-order valence-corrected chi connectivity index (χ1v) is 8.15. The molecule has 4 heteroatoms. The summed E-state index contributed by atoms with van der Waals surface area (Å²) in [7, 11) is 0. The van der Waals surface area contributed by atoms with Crippen LogP contribution >= 0.6 is 0 Å². The van der Waals surface area contributed by atoms with Gasteiger partial charge in [0.25, 0.3) is 0 Å². The van der Waals surface area contributed by atoms with E-state index in [-0.39, 0.29) is 5.91 Å². The predicted molar refractivity (Wildman–Crippen MR) is 86.4 cm³/mol. The lowest BCUT2D eigenvalue weighted by atomic mass is 10.1. The molecule has 0 atom stereocenters. The smallest absolute Gasteiger partial charge is 0.239 e. The number of rotatable bonds is 3. The van der Waals surface area contributed by atoms with Crippen molar-refractivity contribution in [2.45, 2.75) is 51.0 Å². The summed E-state index contributed by atoms with van der Waals surface area (Å²) in [5, 5.41) is 3.22. The second-order valence-corrected chi connectivity index (χ2v) is 6.32. The molecule has 1 aliphatic carbocycles. The number of anilines is 2. The Hall–Kier alpha value is -1.71. The molecular weight excluding hydrogens is 262 g/mol. The number of nitrogen functional groups attached to an aromatic ring is 1. The van der Waals surface area contributed by atoms with E-state index in [9.17, 15) is 4.79 Å². The molecule has 0 radical (unpaired) electrons. The maximum Gasteiger partial charge on any atom is 0.239 e. The molecule has 1 aromatic carbocycles. The zero-order valence-corrected chi connectivity index (χ0v) is 12.6. The van der Waals surface area contributed by atoms with Crippen molar-refractivity contribution in [3.63, 3.8) is 0 Å². The predicted octanol–water partition coefficient (Wildman–Crippen LogP) is 2.47. The lowest BCUT2D eigenvalue weighted by Crippen LogP contribution is -2.41. The van der Waals surface area contributed by atoms with E-state index >= 15 is 0 Å². The van der Waals surface area contributed by atoms with Crippen LogP contribution in [0.25, 0.3) is 0 Å². The lowest BCUT2D eigenvalue weighted by Gasteiger charge is -2.22.